The quantitative estimate of drug-likeness (QED) is 0.534. The van der Waals surface area contributed by atoms with E-state index in [9.17, 15) is 9.59 Å². The molecule has 2 N–H and O–H groups in total. The fraction of sp³-hybridized carbons (Fsp3) is 0.292. The van der Waals surface area contributed by atoms with Gasteiger partial charge in [-0.2, -0.15) is 5.10 Å². The molecular formula is C24H25ClN4O5. The van der Waals surface area contributed by atoms with Gasteiger partial charge < -0.3 is 24.4 Å². The zero-order valence-electron chi connectivity index (χ0n) is 19.1. The van der Waals surface area contributed by atoms with Gasteiger partial charge in [-0.05, 0) is 24.3 Å². The van der Waals surface area contributed by atoms with Crippen LogP contribution in [0.25, 0.3) is 11.3 Å². The van der Waals surface area contributed by atoms with Gasteiger partial charge in [0.1, 0.15) is 0 Å². The van der Waals surface area contributed by atoms with Crippen molar-refractivity contribution < 1.29 is 23.8 Å². The number of hydrogen-bond donors (Lipinski definition) is 2. The molecule has 10 heteroatoms. The molecule has 0 unspecified atom stereocenters. The van der Waals surface area contributed by atoms with Crippen molar-refractivity contribution in [1.82, 2.24) is 20.4 Å². The molecule has 0 saturated heterocycles. The van der Waals surface area contributed by atoms with Crippen LogP contribution in [0.1, 0.15) is 21.6 Å². The molecule has 1 aliphatic heterocycles. The van der Waals surface area contributed by atoms with Crippen molar-refractivity contribution in [2.24, 2.45) is 0 Å². The van der Waals surface area contributed by atoms with Gasteiger partial charge in [0.05, 0.1) is 33.6 Å². The molecule has 2 heterocycles. The molecule has 0 saturated carbocycles. The van der Waals surface area contributed by atoms with E-state index in [0.717, 1.165) is 22.5 Å². The van der Waals surface area contributed by atoms with Crippen LogP contribution in [0.3, 0.4) is 0 Å². The fourth-order valence-electron chi connectivity index (χ4n) is 3.94. The van der Waals surface area contributed by atoms with Gasteiger partial charge in [0, 0.05) is 46.9 Å². The first-order chi connectivity index (χ1) is 16.4. The number of rotatable bonds is 7. The van der Waals surface area contributed by atoms with Crippen molar-refractivity contribution in [2.45, 2.75) is 13.0 Å². The Bertz CT molecular complexity index is 1180. The Hall–Kier alpha value is -3.72. The second kappa shape index (κ2) is 10.0. The molecule has 0 aliphatic carbocycles. The van der Waals surface area contributed by atoms with Crippen molar-refractivity contribution in [3.63, 3.8) is 0 Å². The number of nitrogens with zero attached hydrogens (tertiary/aromatic N) is 2. The van der Waals surface area contributed by atoms with Crippen LogP contribution in [0, 0.1) is 0 Å². The number of ether oxygens (including phenoxy) is 3. The van der Waals surface area contributed by atoms with Gasteiger partial charge in [0.2, 0.25) is 11.7 Å². The highest BCUT2D eigenvalue weighted by atomic mass is 35.5. The Morgan fingerprint density at radius 1 is 1.09 bits per heavy atom. The molecule has 0 bridgehead atoms. The molecule has 0 spiro atoms. The van der Waals surface area contributed by atoms with E-state index in [0.29, 0.717) is 47.3 Å². The van der Waals surface area contributed by atoms with E-state index in [-0.39, 0.29) is 12.5 Å². The predicted molar refractivity (Wildman–Crippen MR) is 127 cm³/mol. The molecular weight excluding hydrogens is 460 g/mol. The maximum Gasteiger partial charge on any atom is 0.251 e. The molecule has 1 aliphatic rings. The van der Waals surface area contributed by atoms with Crippen molar-refractivity contribution >= 4 is 23.4 Å². The van der Waals surface area contributed by atoms with Crippen LogP contribution in [-0.2, 0) is 17.8 Å². The van der Waals surface area contributed by atoms with Crippen LogP contribution in [0.4, 0.5) is 0 Å². The highest BCUT2D eigenvalue weighted by Gasteiger charge is 2.26. The number of hydrogen-bond acceptors (Lipinski definition) is 6. The number of amides is 2. The number of carbonyl (C=O) groups excluding carboxylic acids is 2. The maximum absolute atomic E-state index is 12.9. The van der Waals surface area contributed by atoms with Gasteiger partial charge >= 0.3 is 0 Å². The Kier molecular flexibility index (Phi) is 6.93. The van der Waals surface area contributed by atoms with Crippen molar-refractivity contribution in [2.75, 3.05) is 34.4 Å². The van der Waals surface area contributed by atoms with Gasteiger partial charge in [-0.15, -0.1) is 0 Å². The summed E-state index contributed by atoms with van der Waals surface area (Å²) < 4.78 is 15.9. The number of aromatic amines is 1. The molecule has 178 valence electrons. The lowest BCUT2D eigenvalue weighted by atomic mass is 10.0. The zero-order chi connectivity index (χ0) is 24.2. The summed E-state index contributed by atoms with van der Waals surface area (Å²) in [6.07, 6.45) is 0.655. The van der Waals surface area contributed by atoms with E-state index in [4.69, 9.17) is 25.8 Å². The minimum absolute atomic E-state index is 0.140. The second-order valence-corrected chi connectivity index (χ2v) is 8.13. The molecule has 4 rings (SSSR count). The predicted octanol–water partition coefficient (Wildman–Crippen LogP) is 3.07. The molecule has 0 fully saturated rings. The number of nitrogens with one attached hydrogen (secondary N) is 2. The summed E-state index contributed by atoms with van der Waals surface area (Å²) in [6, 6.07) is 10.5. The van der Waals surface area contributed by atoms with E-state index in [1.54, 1.807) is 4.90 Å². The zero-order valence-corrected chi connectivity index (χ0v) is 19.9. The van der Waals surface area contributed by atoms with E-state index >= 15 is 0 Å². The number of benzene rings is 2. The summed E-state index contributed by atoms with van der Waals surface area (Å²) in [6.45, 7) is 0.801. The van der Waals surface area contributed by atoms with Gasteiger partial charge in [0.15, 0.2) is 11.5 Å². The maximum atomic E-state index is 12.9. The summed E-state index contributed by atoms with van der Waals surface area (Å²) in [5.41, 5.74) is 3.99. The van der Waals surface area contributed by atoms with Crippen LogP contribution < -0.4 is 19.5 Å². The van der Waals surface area contributed by atoms with Gasteiger partial charge in [-0.25, -0.2) is 0 Å². The van der Waals surface area contributed by atoms with Gasteiger partial charge in [-0.3, -0.25) is 14.7 Å². The molecule has 2 amide bonds. The Balaban J connectivity index is 1.44. The second-order valence-electron chi connectivity index (χ2n) is 7.70. The normalized spacial score (nSPS) is 12.6. The number of halogens is 1. The Morgan fingerprint density at radius 2 is 1.76 bits per heavy atom. The summed E-state index contributed by atoms with van der Waals surface area (Å²) in [7, 11) is 4.43. The van der Waals surface area contributed by atoms with E-state index in [1.165, 1.54) is 33.5 Å². The SMILES string of the molecule is COc1cc(C(=O)NCC(=O)N2CCc3[nH]nc(-c4ccc(Cl)cc4)c3C2)cc(OC)c1OC. The lowest BCUT2D eigenvalue weighted by molar-refractivity contribution is -0.131. The number of aromatic nitrogens is 2. The molecule has 3 aromatic rings. The first-order valence-corrected chi connectivity index (χ1v) is 11.0. The monoisotopic (exact) mass is 484 g/mol. The van der Waals surface area contributed by atoms with Crippen molar-refractivity contribution in [3.8, 4) is 28.5 Å². The summed E-state index contributed by atoms with van der Waals surface area (Å²) in [4.78, 5) is 27.3. The Labute approximate surface area is 201 Å². The standard InChI is InChI=1S/C24H25ClN4O5/c1-32-19-10-15(11-20(33-2)23(19)34-3)24(31)26-12-21(30)29-9-8-18-17(13-29)22(28-27-18)14-4-6-16(25)7-5-14/h4-7,10-11H,8-9,12-13H2,1-3H3,(H,26,31)(H,27,28). The number of fused-ring (bicyclic) bond motifs is 1. The topological polar surface area (TPSA) is 106 Å². The smallest absolute Gasteiger partial charge is 0.251 e. The minimum Gasteiger partial charge on any atom is -0.493 e. The largest absolute Gasteiger partial charge is 0.493 e. The Morgan fingerprint density at radius 3 is 2.38 bits per heavy atom. The molecule has 0 atom stereocenters. The van der Waals surface area contributed by atoms with Crippen molar-refractivity contribution in [3.05, 3.63) is 58.2 Å². The van der Waals surface area contributed by atoms with E-state index in [1.807, 2.05) is 24.3 Å². The number of H-pyrrole nitrogens is 1. The van der Waals surface area contributed by atoms with Gasteiger partial charge in [-0.1, -0.05) is 23.7 Å². The van der Waals surface area contributed by atoms with E-state index in [2.05, 4.69) is 15.5 Å². The van der Waals surface area contributed by atoms with Gasteiger partial charge in [0.25, 0.3) is 5.91 Å². The molecule has 2 aromatic carbocycles. The third-order valence-corrected chi connectivity index (χ3v) is 5.98. The average molecular weight is 485 g/mol. The first-order valence-electron chi connectivity index (χ1n) is 10.6. The summed E-state index contributed by atoms with van der Waals surface area (Å²) in [5.74, 6) is 0.497. The lowest BCUT2D eigenvalue weighted by Crippen LogP contribution is -2.42. The van der Waals surface area contributed by atoms with Crippen LogP contribution in [0.5, 0.6) is 17.2 Å². The lowest BCUT2D eigenvalue weighted by Gasteiger charge is -2.27. The first kappa shape index (κ1) is 23.4. The average Bonchev–Trinajstić information content (AvgIpc) is 3.29. The molecule has 9 nitrogen and oxygen atoms in total. The fourth-order valence-corrected chi connectivity index (χ4v) is 4.06. The van der Waals surface area contributed by atoms with Crippen LogP contribution >= 0.6 is 11.6 Å². The minimum atomic E-state index is -0.421. The van der Waals surface area contributed by atoms with Crippen LogP contribution in [0.2, 0.25) is 5.02 Å². The third-order valence-electron chi connectivity index (χ3n) is 5.73. The number of methoxy groups -OCH3 is 3. The number of carbonyl (C=O) groups is 2. The highest BCUT2D eigenvalue weighted by Crippen LogP contribution is 2.38. The van der Waals surface area contributed by atoms with Crippen LogP contribution in [0.15, 0.2) is 36.4 Å². The summed E-state index contributed by atoms with van der Waals surface area (Å²) >= 11 is 6.00. The molecule has 34 heavy (non-hydrogen) atoms. The summed E-state index contributed by atoms with van der Waals surface area (Å²) in [5, 5.41) is 10.9. The third kappa shape index (κ3) is 4.65. The molecule has 0 radical (unpaired) electrons. The highest BCUT2D eigenvalue weighted by molar-refractivity contribution is 6.30. The van der Waals surface area contributed by atoms with Crippen LogP contribution in [-0.4, -0.2) is 61.3 Å². The van der Waals surface area contributed by atoms with Crippen molar-refractivity contribution in [1.29, 1.82) is 0 Å². The molecule has 1 aromatic heterocycles. The van der Waals surface area contributed by atoms with E-state index < -0.39 is 5.91 Å².